The van der Waals surface area contributed by atoms with Crippen molar-refractivity contribution in [3.8, 4) is 0 Å². The van der Waals surface area contributed by atoms with Crippen LogP contribution in [-0.4, -0.2) is 16.6 Å². The van der Waals surface area contributed by atoms with Gasteiger partial charge < -0.3 is 10.6 Å². The zero-order chi connectivity index (χ0) is 12.3. The first kappa shape index (κ1) is 13.9. The van der Waals surface area contributed by atoms with Gasteiger partial charge in [-0.05, 0) is 36.3 Å². The summed E-state index contributed by atoms with van der Waals surface area (Å²) in [7, 11) is 0. The van der Waals surface area contributed by atoms with Crippen LogP contribution in [0.4, 0.5) is 0 Å². The SMILES string of the molecule is CCCCCCNC(=S)NCc1ccncc1.[HH].[HH]. The Morgan fingerprint density at radius 1 is 1.24 bits per heavy atom. The van der Waals surface area contributed by atoms with Gasteiger partial charge in [0.15, 0.2) is 5.11 Å². The van der Waals surface area contributed by atoms with E-state index < -0.39 is 0 Å². The van der Waals surface area contributed by atoms with Crippen LogP contribution in [0, 0.1) is 0 Å². The van der Waals surface area contributed by atoms with Crippen molar-refractivity contribution in [2.24, 2.45) is 0 Å². The molecular weight excluding hydrogens is 230 g/mol. The highest BCUT2D eigenvalue weighted by atomic mass is 32.1. The second kappa shape index (κ2) is 8.93. The van der Waals surface area contributed by atoms with Gasteiger partial charge in [0.25, 0.3) is 0 Å². The van der Waals surface area contributed by atoms with Crippen molar-refractivity contribution in [1.82, 2.24) is 15.6 Å². The molecule has 3 nitrogen and oxygen atoms in total. The molecule has 0 spiro atoms. The number of nitrogens with zero attached hydrogens (tertiary/aromatic N) is 1. The first-order valence-electron chi connectivity index (χ1n) is 6.23. The van der Waals surface area contributed by atoms with E-state index in [0.717, 1.165) is 18.2 Å². The molecule has 17 heavy (non-hydrogen) atoms. The molecule has 0 amide bonds. The molecule has 1 aromatic heterocycles. The Morgan fingerprint density at radius 3 is 2.71 bits per heavy atom. The molecule has 1 aromatic rings. The quantitative estimate of drug-likeness (QED) is 0.580. The highest BCUT2D eigenvalue weighted by Crippen LogP contribution is 1.97. The lowest BCUT2D eigenvalue weighted by Crippen LogP contribution is -2.35. The number of rotatable bonds is 7. The minimum absolute atomic E-state index is 0. The van der Waals surface area contributed by atoms with E-state index in [9.17, 15) is 0 Å². The Labute approximate surface area is 112 Å². The minimum Gasteiger partial charge on any atom is -0.363 e. The average molecular weight is 255 g/mol. The lowest BCUT2D eigenvalue weighted by molar-refractivity contribution is 0.650. The van der Waals surface area contributed by atoms with E-state index in [1.165, 1.54) is 31.2 Å². The van der Waals surface area contributed by atoms with E-state index in [0.29, 0.717) is 0 Å². The number of hydrogen-bond acceptors (Lipinski definition) is 2. The summed E-state index contributed by atoms with van der Waals surface area (Å²) in [5, 5.41) is 7.13. The molecule has 0 aromatic carbocycles. The molecule has 0 atom stereocenters. The fourth-order valence-corrected chi connectivity index (χ4v) is 1.67. The zero-order valence-corrected chi connectivity index (χ0v) is 11.2. The van der Waals surface area contributed by atoms with Crippen molar-refractivity contribution in [1.29, 1.82) is 0 Å². The molecule has 0 aliphatic carbocycles. The van der Waals surface area contributed by atoms with Gasteiger partial charge in [0, 0.05) is 28.3 Å². The van der Waals surface area contributed by atoms with Crippen LogP contribution < -0.4 is 10.6 Å². The third kappa shape index (κ3) is 6.89. The summed E-state index contributed by atoms with van der Waals surface area (Å²) < 4.78 is 0. The van der Waals surface area contributed by atoms with Crippen LogP contribution in [0.2, 0.25) is 0 Å². The molecule has 4 heteroatoms. The van der Waals surface area contributed by atoms with Crippen LogP contribution in [0.1, 0.15) is 41.0 Å². The number of hydrogen-bond donors (Lipinski definition) is 2. The summed E-state index contributed by atoms with van der Waals surface area (Å²) in [6, 6.07) is 3.97. The topological polar surface area (TPSA) is 37.0 Å². The van der Waals surface area contributed by atoms with Gasteiger partial charge in [-0.25, -0.2) is 0 Å². The second-order valence-corrected chi connectivity index (χ2v) is 4.43. The highest BCUT2D eigenvalue weighted by molar-refractivity contribution is 7.80. The fourth-order valence-electron chi connectivity index (χ4n) is 1.50. The summed E-state index contributed by atoms with van der Waals surface area (Å²) in [5.74, 6) is 0. The first-order chi connectivity index (χ1) is 8.33. The summed E-state index contributed by atoms with van der Waals surface area (Å²) in [4.78, 5) is 3.97. The predicted octanol–water partition coefficient (Wildman–Crippen LogP) is 3.12. The highest BCUT2D eigenvalue weighted by Gasteiger charge is 1.95. The van der Waals surface area contributed by atoms with E-state index in [4.69, 9.17) is 12.2 Å². The molecule has 0 bridgehead atoms. The van der Waals surface area contributed by atoms with Crippen LogP contribution >= 0.6 is 12.2 Å². The molecule has 0 saturated carbocycles. The summed E-state index contributed by atoms with van der Waals surface area (Å²) in [5.41, 5.74) is 1.19. The Kier molecular flexibility index (Phi) is 7.30. The van der Waals surface area contributed by atoms with Crippen LogP contribution in [-0.2, 0) is 6.54 Å². The fraction of sp³-hybridized carbons (Fsp3) is 0.538. The van der Waals surface area contributed by atoms with Gasteiger partial charge in [-0.3, -0.25) is 4.98 Å². The van der Waals surface area contributed by atoms with Crippen molar-refractivity contribution in [2.75, 3.05) is 6.54 Å². The summed E-state index contributed by atoms with van der Waals surface area (Å²) >= 11 is 5.19. The zero-order valence-electron chi connectivity index (χ0n) is 10.4. The molecule has 0 unspecified atom stereocenters. The van der Waals surface area contributed by atoms with Gasteiger partial charge in [-0.2, -0.15) is 0 Å². The Balaban J connectivity index is 0. The minimum atomic E-state index is 0. The molecule has 0 fully saturated rings. The van der Waals surface area contributed by atoms with E-state index in [-0.39, 0.29) is 2.85 Å². The van der Waals surface area contributed by atoms with Gasteiger partial charge in [-0.1, -0.05) is 26.2 Å². The third-order valence-corrected chi connectivity index (χ3v) is 2.81. The van der Waals surface area contributed by atoms with Crippen molar-refractivity contribution >= 4 is 17.3 Å². The summed E-state index contributed by atoms with van der Waals surface area (Å²) in [6.07, 6.45) is 8.61. The second-order valence-electron chi connectivity index (χ2n) is 4.03. The number of unbranched alkanes of at least 4 members (excludes halogenated alkanes) is 3. The predicted molar refractivity (Wildman–Crippen MR) is 80.0 cm³/mol. The Morgan fingerprint density at radius 2 is 2.00 bits per heavy atom. The molecule has 0 radical (unpaired) electrons. The number of aromatic nitrogens is 1. The molecule has 98 valence electrons. The van der Waals surface area contributed by atoms with Gasteiger partial charge in [0.2, 0.25) is 0 Å². The standard InChI is InChI=1S/C13H21N3S.2H2/c1-2-3-4-5-8-15-13(17)16-11-12-6-9-14-10-7-12;;/h6-7,9-10H,2-5,8,11H2,1H3,(H2,15,16,17);2*1H. The average Bonchev–Trinajstić information content (AvgIpc) is 2.37. The van der Waals surface area contributed by atoms with E-state index in [2.05, 4.69) is 22.5 Å². The number of thiocarbonyl (C=S) groups is 1. The van der Waals surface area contributed by atoms with Crippen molar-refractivity contribution in [3.63, 3.8) is 0 Å². The molecule has 2 N–H and O–H groups in total. The van der Waals surface area contributed by atoms with Gasteiger partial charge in [0.1, 0.15) is 0 Å². The summed E-state index contributed by atoms with van der Waals surface area (Å²) in [6.45, 7) is 3.93. The number of nitrogens with one attached hydrogen (secondary N) is 2. The van der Waals surface area contributed by atoms with Crippen molar-refractivity contribution in [3.05, 3.63) is 30.1 Å². The molecule has 1 heterocycles. The largest absolute Gasteiger partial charge is 0.363 e. The van der Waals surface area contributed by atoms with Crippen LogP contribution in [0.5, 0.6) is 0 Å². The van der Waals surface area contributed by atoms with E-state index >= 15 is 0 Å². The van der Waals surface area contributed by atoms with Crippen LogP contribution in [0.3, 0.4) is 0 Å². The maximum absolute atomic E-state index is 5.19. The van der Waals surface area contributed by atoms with Crippen LogP contribution in [0.25, 0.3) is 0 Å². The van der Waals surface area contributed by atoms with Gasteiger partial charge >= 0.3 is 0 Å². The normalized spacial score (nSPS) is 9.94. The molecular formula is C13H25N3S. The monoisotopic (exact) mass is 255 g/mol. The van der Waals surface area contributed by atoms with E-state index in [1.54, 1.807) is 12.4 Å². The number of pyridine rings is 1. The smallest absolute Gasteiger partial charge is 0.166 e. The Hall–Kier alpha value is -1.16. The Bertz CT molecular complexity index is 323. The lowest BCUT2D eigenvalue weighted by Gasteiger charge is -2.10. The molecule has 0 saturated heterocycles. The van der Waals surface area contributed by atoms with E-state index in [1.807, 2.05) is 12.1 Å². The van der Waals surface area contributed by atoms with Crippen molar-refractivity contribution < 1.29 is 2.85 Å². The first-order valence-corrected chi connectivity index (χ1v) is 6.64. The molecule has 1 rings (SSSR count). The molecule has 0 aliphatic heterocycles. The lowest BCUT2D eigenvalue weighted by atomic mass is 10.2. The third-order valence-electron chi connectivity index (χ3n) is 2.52. The molecule has 0 aliphatic rings. The maximum atomic E-state index is 5.19. The van der Waals surface area contributed by atoms with Crippen LogP contribution in [0.15, 0.2) is 24.5 Å². The maximum Gasteiger partial charge on any atom is 0.166 e. The van der Waals surface area contributed by atoms with Crippen molar-refractivity contribution in [2.45, 2.75) is 39.2 Å². The van der Waals surface area contributed by atoms with Gasteiger partial charge in [0.05, 0.1) is 0 Å². The van der Waals surface area contributed by atoms with Gasteiger partial charge in [-0.15, -0.1) is 0 Å².